The number of para-hydroxylation sites is 1. The Bertz CT molecular complexity index is 1050. The number of fused-ring (bicyclic) bond motifs is 1. The van der Waals surface area contributed by atoms with Crippen LogP contribution in [0.2, 0.25) is 0 Å². The number of pyridine rings is 1. The molecular formula is C23H23FN4O. The molecule has 0 unspecified atom stereocenters. The number of rotatable bonds is 5. The molecule has 1 saturated heterocycles. The molecule has 0 bridgehead atoms. The molecule has 3 aromatic rings. The van der Waals surface area contributed by atoms with Crippen molar-refractivity contribution in [3.8, 4) is 11.8 Å². The summed E-state index contributed by atoms with van der Waals surface area (Å²) in [7, 11) is 1.47. The van der Waals surface area contributed by atoms with Crippen molar-refractivity contribution in [1.82, 2.24) is 9.88 Å². The van der Waals surface area contributed by atoms with Gasteiger partial charge in [0.15, 0.2) is 11.6 Å². The van der Waals surface area contributed by atoms with Gasteiger partial charge < -0.3 is 10.1 Å². The molecule has 0 spiro atoms. The molecule has 0 saturated carbocycles. The monoisotopic (exact) mass is 390 g/mol. The summed E-state index contributed by atoms with van der Waals surface area (Å²) >= 11 is 0. The van der Waals surface area contributed by atoms with Gasteiger partial charge in [0.1, 0.15) is 11.8 Å². The van der Waals surface area contributed by atoms with Crippen LogP contribution in [0.1, 0.15) is 24.1 Å². The second-order valence-corrected chi connectivity index (χ2v) is 7.35. The van der Waals surface area contributed by atoms with Crippen molar-refractivity contribution in [1.29, 1.82) is 5.26 Å². The number of nitrogens with zero attached hydrogens (tertiary/aromatic N) is 3. The minimum atomic E-state index is -0.320. The fraction of sp³-hybridized carbons (Fsp3) is 0.304. The standard InChI is InChI=1S/C23H23FN4O/c1-29-23-7-6-16(12-20(23)24)15-28-10-8-17(9-11-28)26-22-13-18(14-25)27-21-5-3-2-4-19(21)22/h2-7,12-13,17H,8-11,15H2,1H3,(H,26,27). The third kappa shape index (κ3) is 4.30. The Hall–Kier alpha value is -3.17. The summed E-state index contributed by atoms with van der Waals surface area (Å²) in [5.41, 5.74) is 3.16. The van der Waals surface area contributed by atoms with E-state index in [1.165, 1.54) is 7.11 Å². The van der Waals surface area contributed by atoms with Crippen molar-refractivity contribution < 1.29 is 9.13 Å². The molecule has 0 radical (unpaired) electrons. The molecule has 1 aromatic heterocycles. The van der Waals surface area contributed by atoms with E-state index in [4.69, 9.17) is 4.74 Å². The van der Waals surface area contributed by atoms with Crippen LogP contribution in [-0.2, 0) is 6.54 Å². The Morgan fingerprint density at radius 2 is 2.00 bits per heavy atom. The average molecular weight is 390 g/mol. The normalized spacial score (nSPS) is 15.2. The van der Waals surface area contributed by atoms with Gasteiger partial charge in [0.2, 0.25) is 0 Å². The third-order valence-electron chi connectivity index (χ3n) is 5.40. The highest BCUT2D eigenvalue weighted by Gasteiger charge is 2.20. The Labute approximate surface area is 169 Å². The van der Waals surface area contributed by atoms with Crippen LogP contribution in [0.3, 0.4) is 0 Å². The average Bonchev–Trinajstić information content (AvgIpc) is 2.75. The van der Waals surface area contributed by atoms with Crippen molar-refractivity contribution in [2.75, 3.05) is 25.5 Å². The first-order valence-electron chi connectivity index (χ1n) is 9.77. The van der Waals surface area contributed by atoms with E-state index in [1.807, 2.05) is 36.4 Å². The molecule has 0 amide bonds. The number of halogens is 1. The zero-order chi connectivity index (χ0) is 20.2. The van der Waals surface area contributed by atoms with Gasteiger partial charge in [-0.1, -0.05) is 24.3 Å². The fourth-order valence-electron chi connectivity index (χ4n) is 3.87. The first-order valence-corrected chi connectivity index (χ1v) is 9.77. The molecule has 2 heterocycles. The number of hydrogen-bond donors (Lipinski definition) is 1. The van der Waals surface area contributed by atoms with Gasteiger partial charge in [0.25, 0.3) is 0 Å². The smallest absolute Gasteiger partial charge is 0.165 e. The minimum absolute atomic E-state index is 0.276. The zero-order valence-electron chi connectivity index (χ0n) is 16.4. The van der Waals surface area contributed by atoms with Gasteiger partial charge in [-0.05, 0) is 42.7 Å². The summed E-state index contributed by atoms with van der Waals surface area (Å²) in [6.07, 6.45) is 1.97. The van der Waals surface area contributed by atoms with Gasteiger partial charge in [-0.2, -0.15) is 5.26 Å². The molecule has 5 nitrogen and oxygen atoms in total. The predicted octanol–water partition coefficient (Wildman–Crippen LogP) is 4.33. The van der Waals surface area contributed by atoms with Crippen LogP contribution in [-0.4, -0.2) is 36.1 Å². The maximum atomic E-state index is 13.9. The largest absolute Gasteiger partial charge is 0.494 e. The number of piperidine rings is 1. The second kappa shape index (κ2) is 8.46. The summed E-state index contributed by atoms with van der Waals surface area (Å²) < 4.78 is 18.9. The van der Waals surface area contributed by atoms with Gasteiger partial charge in [-0.3, -0.25) is 4.90 Å². The number of likely N-dealkylation sites (tertiary alicyclic amines) is 1. The van der Waals surface area contributed by atoms with E-state index >= 15 is 0 Å². The number of nitrogens with one attached hydrogen (secondary N) is 1. The van der Waals surface area contributed by atoms with Crippen molar-refractivity contribution in [3.05, 3.63) is 65.6 Å². The topological polar surface area (TPSA) is 61.2 Å². The predicted molar refractivity (Wildman–Crippen MR) is 111 cm³/mol. The van der Waals surface area contributed by atoms with E-state index < -0.39 is 0 Å². The molecule has 6 heteroatoms. The van der Waals surface area contributed by atoms with E-state index in [1.54, 1.807) is 12.1 Å². The highest BCUT2D eigenvalue weighted by Crippen LogP contribution is 2.26. The summed E-state index contributed by atoms with van der Waals surface area (Å²) in [5.74, 6) is -0.0441. The quantitative estimate of drug-likeness (QED) is 0.703. The zero-order valence-corrected chi connectivity index (χ0v) is 16.4. The first-order chi connectivity index (χ1) is 14.2. The number of hydrogen-bond acceptors (Lipinski definition) is 5. The molecule has 2 aromatic carbocycles. The van der Waals surface area contributed by atoms with E-state index in [9.17, 15) is 9.65 Å². The highest BCUT2D eigenvalue weighted by molar-refractivity contribution is 5.91. The number of anilines is 1. The lowest BCUT2D eigenvalue weighted by Crippen LogP contribution is -2.38. The number of benzene rings is 2. The first kappa shape index (κ1) is 19.2. The molecule has 1 N–H and O–H groups in total. The summed E-state index contributed by atoms with van der Waals surface area (Å²) in [5, 5.41) is 13.9. The summed E-state index contributed by atoms with van der Waals surface area (Å²) in [6.45, 7) is 2.59. The lowest BCUT2D eigenvalue weighted by molar-refractivity contribution is 0.211. The Morgan fingerprint density at radius 1 is 1.21 bits per heavy atom. The lowest BCUT2D eigenvalue weighted by Gasteiger charge is -2.33. The van der Waals surface area contributed by atoms with Crippen molar-refractivity contribution in [3.63, 3.8) is 0 Å². The molecule has 29 heavy (non-hydrogen) atoms. The molecule has 0 atom stereocenters. The number of nitriles is 1. The van der Waals surface area contributed by atoms with Crippen LogP contribution in [0.25, 0.3) is 10.9 Å². The molecule has 1 aliphatic heterocycles. The minimum Gasteiger partial charge on any atom is -0.494 e. The van der Waals surface area contributed by atoms with Gasteiger partial charge in [-0.15, -0.1) is 0 Å². The van der Waals surface area contributed by atoms with Gasteiger partial charge in [-0.25, -0.2) is 9.37 Å². The lowest BCUT2D eigenvalue weighted by atomic mass is 10.0. The van der Waals surface area contributed by atoms with Crippen molar-refractivity contribution in [2.45, 2.75) is 25.4 Å². The van der Waals surface area contributed by atoms with Gasteiger partial charge in [0, 0.05) is 36.7 Å². The number of ether oxygens (including phenoxy) is 1. The van der Waals surface area contributed by atoms with Crippen LogP contribution >= 0.6 is 0 Å². The molecule has 0 aliphatic carbocycles. The van der Waals surface area contributed by atoms with Crippen LogP contribution in [0.5, 0.6) is 5.75 Å². The Morgan fingerprint density at radius 3 is 2.72 bits per heavy atom. The summed E-state index contributed by atoms with van der Waals surface area (Å²) in [6, 6.07) is 17.3. The van der Waals surface area contributed by atoms with Crippen LogP contribution in [0.4, 0.5) is 10.1 Å². The van der Waals surface area contributed by atoms with Crippen LogP contribution in [0, 0.1) is 17.1 Å². The molecular weight excluding hydrogens is 367 g/mol. The summed E-state index contributed by atoms with van der Waals surface area (Å²) in [4.78, 5) is 6.71. The Kier molecular flexibility index (Phi) is 5.59. The van der Waals surface area contributed by atoms with Crippen molar-refractivity contribution >= 4 is 16.6 Å². The second-order valence-electron chi connectivity index (χ2n) is 7.35. The van der Waals surface area contributed by atoms with Gasteiger partial charge in [0.05, 0.1) is 12.6 Å². The molecule has 4 rings (SSSR count). The van der Waals surface area contributed by atoms with E-state index in [0.717, 1.165) is 54.6 Å². The Balaban J connectivity index is 1.40. The third-order valence-corrected chi connectivity index (χ3v) is 5.40. The number of aromatic nitrogens is 1. The maximum absolute atomic E-state index is 13.9. The molecule has 1 fully saturated rings. The van der Waals surface area contributed by atoms with Crippen LogP contribution in [0.15, 0.2) is 48.5 Å². The van der Waals surface area contributed by atoms with Crippen molar-refractivity contribution in [2.24, 2.45) is 0 Å². The number of methoxy groups -OCH3 is 1. The molecule has 148 valence electrons. The SMILES string of the molecule is COc1ccc(CN2CCC(Nc3cc(C#N)nc4ccccc34)CC2)cc1F. The van der Waals surface area contributed by atoms with Crippen LogP contribution < -0.4 is 10.1 Å². The highest BCUT2D eigenvalue weighted by atomic mass is 19.1. The maximum Gasteiger partial charge on any atom is 0.165 e. The van der Waals surface area contributed by atoms with E-state index in [2.05, 4.69) is 21.3 Å². The fourth-order valence-corrected chi connectivity index (χ4v) is 3.87. The van der Waals surface area contributed by atoms with Gasteiger partial charge >= 0.3 is 0 Å². The van der Waals surface area contributed by atoms with E-state index in [0.29, 0.717) is 11.7 Å². The van der Waals surface area contributed by atoms with E-state index in [-0.39, 0.29) is 11.6 Å². The molecule has 1 aliphatic rings.